The van der Waals surface area contributed by atoms with Crippen LogP contribution in [0.5, 0.6) is 0 Å². The predicted octanol–water partition coefficient (Wildman–Crippen LogP) is 1.07. The zero-order valence-corrected chi connectivity index (χ0v) is 12.8. The molecule has 114 valence electrons. The lowest BCUT2D eigenvalue weighted by atomic mass is 10.0. The van der Waals surface area contributed by atoms with Gasteiger partial charge in [-0.2, -0.15) is 0 Å². The average Bonchev–Trinajstić information content (AvgIpc) is 2.74. The number of anilines is 1. The molecule has 2 aliphatic rings. The Morgan fingerprint density at radius 3 is 2.76 bits per heavy atom. The van der Waals surface area contributed by atoms with Gasteiger partial charge in [0.25, 0.3) is 0 Å². The maximum Gasteiger partial charge on any atom is 0.219 e. The van der Waals surface area contributed by atoms with Crippen molar-refractivity contribution >= 4 is 11.7 Å². The van der Waals surface area contributed by atoms with Crippen LogP contribution in [0.15, 0.2) is 6.33 Å². The smallest absolute Gasteiger partial charge is 0.219 e. The van der Waals surface area contributed by atoms with E-state index in [2.05, 4.69) is 28.7 Å². The van der Waals surface area contributed by atoms with Crippen LogP contribution in [0.1, 0.15) is 50.5 Å². The molecule has 6 heteroatoms. The van der Waals surface area contributed by atoms with E-state index in [1.807, 2.05) is 4.90 Å². The number of hydrogen-bond acceptors (Lipinski definition) is 5. The van der Waals surface area contributed by atoms with Gasteiger partial charge in [0.05, 0.1) is 11.8 Å². The highest BCUT2D eigenvalue weighted by Crippen LogP contribution is 2.43. The van der Waals surface area contributed by atoms with Crippen molar-refractivity contribution in [2.75, 3.05) is 24.5 Å². The summed E-state index contributed by atoms with van der Waals surface area (Å²) in [7, 11) is 0. The number of nitrogens with zero attached hydrogens (tertiary/aromatic N) is 4. The Morgan fingerprint density at radius 1 is 1.33 bits per heavy atom. The van der Waals surface area contributed by atoms with E-state index in [1.165, 1.54) is 0 Å². The van der Waals surface area contributed by atoms with Crippen molar-refractivity contribution in [1.29, 1.82) is 0 Å². The fourth-order valence-corrected chi connectivity index (χ4v) is 3.49. The van der Waals surface area contributed by atoms with Gasteiger partial charge in [-0.1, -0.05) is 6.92 Å². The summed E-state index contributed by atoms with van der Waals surface area (Å²) in [6, 6.07) is 0.214. The molecule has 1 aliphatic carbocycles. The Kier molecular flexibility index (Phi) is 3.57. The summed E-state index contributed by atoms with van der Waals surface area (Å²) >= 11 is 0. The fourth-order valence-electron chi connectivity index (χ4n) is 3.49. The zero-order chi connectivity index (χ0) is 15.1. The van der Waals surface area contributed by atoms with Gasteiger partial charge in [0.2, 0.25) is 5.91 Å². The number of carbonyl (C=O) groups excluding carboxylic acids is 1. The van der Waals surface area contributed by atoms with Gasteiger partial charge in [-0.15, -0.1) is 0 Å². The molecule has 3 atom stereocenters. The third-order valence-electron chi connectivity index (χ3n) is 4.62. The lowest BCUT2D eigenvalue weighted by molar-refractivity contribution is -0.129. The van der Waals surface area contributed by atoms with Crippen LogP contribution in [-0.2, 0) is 4.79 Å². The van der Waals surface area contributed by atoms with Crippen LogP contribution >= 0.6 is 0 Å². The minimum atomic E-state index is -0.481. The van der Waals surface area contributed by atoms with E-state index in [-0.39, 0.29) is 17.9 Å². The monoisotopic (exact) mass is 290 g/mol. The van der Waals surface area contributed by atoms with Crippen molar-refractivity contribution in [2.24, 2.45) is 0 Å². The highest BCUT2D eigenvalue weighted by molar-refractivity contribution is 5.73. The summed E-state index contributed by atoms with van der Waals surface area (Å²) in [5.41, 5.74) is 1.85. The molecule has 1 aromatic heterocycles. The SMILES string of the molecule is CC(=O)N1CCN(c2ncnc3c2C(C)CC3O)C(C)C1. The van der Waals surface area contributed by atoms with Crippen molar-refractivity contribution in [3.63, 3.8) is 0 Å². The van der Waals surface area contributed by atoms with Gasteiger partial charge >= 0.3 is 0 Å². The van der Waals surface area contributed by atoms with E-state index < -0.39 is 6.10 Å². The summed E-state index contributed by atoms with van der Waals surface area (Å²) in [5, 5.41) is 10.1. The molecule has 3 unspecified atom stereocenters. The van der Waals surface area contributed by atoms with Gasteiger partial charge in [0, 0.05) is 38.2 Å². The Hall–Kier alpha value is -1.69. The van der Waals surface area contributed by atoms with Crippen LogP contribution in [0.3, 0.4) is 0 Å². The largest absolute Gasteiger partial charge is 0.387 e. The molecule has 0 spiro atoms. The molecule has 3 rings (SSSR count). The molecule has 0 radical (unpaired) electrons. The minimum Gasteiger partial charge on any atom is -0.387 e. The van der Waals surface area contributed by atoms with Gasteiger partial charge in [0.1, 0.15) is 12.1 Å². The van der Waals surface area contributed by atoms with Gasteiger partial charge < -0.3 is 14.9 Å². The lowest BCUT2D eigenvalue weighted by Gasteiger charge is -2.41. The first-order chi connectivity index (χ1) is 9.99. The summed E-state index contributed by atoms with van der Waals surface area (Å²) in [5.74, 6) is 1.32. The highest BCUT2D eigenvalue weighted by atomic mass is 16.3. The van der Waals surface area contributed by atoms with Gasteiger partial charge in [-0.3, -0.25) is 4.79 Å². The second kappa shape index (κ2) is 5.26. The number of rotatable bonds is 1. The standard InChI is InChI=1S/C15H22N4O2/c1-9-6-12(21)14-13(9)15(17-8-16-14)19-5-4-18(11(3)20)7-10(19)2/h8-10,12,21H,4-7H2,1-3H3. The maximum absolute atomic E-state index is 11.5. The molecular formula is C15H22N4O2. The first-order valence-corrected chi connectivity index (χ1v) is 7.54. The molecule has 1 N–H and O–H groups in total. The molecular weight excluding hydrogens is 268 g/mol. The van der Waals surface area contributed by atoms with E-state index in [0.717, 1.165) is 30.2 Å². The molecule has 6 nitrogen and oxygen atoms in total. The molecule has 1 fully saturated rings. The Bertz CT molecular complexity index is 563. The maximum atomic E-state index is 11.5. The molecule has 1 aromatic rings. The third-order valence-corrected chi connectivity index (χ3v) is 4.62. The van der Waals surface area contributed by atoms with Crippen LogP contribution in [0.4, 0.5) is 5.82 Å². The van der Waals surface area contributed by atoms with Crippen molar-refractivity contribution in [3.8, 4) is 0 Å². The molecule has 1 aliphatic heterocycles. The normalized spacial score (nSPS) is 28.7. The van der Waals surface area contributed by atoms with Crippen molar-refractivity contribution in [1.82, 2.24) is 14.9 Å². The minimum absolute atomic E-state index is 0.123. The number of amides is 1. The van der Waals surface area contributed by atoms with E-state index in [9.17, 15) is 9.90 Å². The quantitative estimate of drug-likeness (QED) is 0.838. The van der Waals surface area contributed by atoms with Gasteiger partial charge in [-0.25, -0.2) is 9.97 Å². The number of aliphatic hydroxyl groups is 1. The Morgan fingerprint density at radius 2 is 2.10 bits per heavy atom. The van der Waals surface area contributed by atoms with Crippen LogP contribution in [0.2, 0.25) is 0 Å². The number of carbonyl (C=O) groups is 1. The molecule has 0 saturated carbocycles. The van der Waals surface area contributed by atoms with Crippen LogP contribution in [-0.4, -0.2) is 51.6 Å². The van der Waals surface area contributed by atoms with E-state index in [4.69, 9.17) is 0 Å². The number of piperazine rings is 1. The van der Waals surface area contributed by atoms with Crippen molar-refractivity contribution in [2.45, 2.75) is 45.3 Å². The number of aliphatic hydroxyl groups excluding tert-OH is 1. The fraction of sp³-hybridized carbons (Fsp3) is 0.667. The number of fused-ring (bicyclic) bond motifs is 1. The molecule has 1 saturated heterocycles. The van der Waals surface area contributed by atoms with Crippen LogP contribution < -0.4 is 4.90 Å². The second-order valence-electron chi connectivity index (χ2n) is 6.16. The van der Waals surface area contributed by atoms with E-state index >= 15 is 0 Å². The summed E-state index contributed by atoms with van der Waals surface area (Å²) in [6.07, 6.45) is 1.77. The predicted molar refractivity (Wildman–Crippen MR) is 79.1 cm³/mol. The summed E-state index contributed by atoms with van der Waals surface area (Å²) in [6.45, 7) is 8.04. The van der Waals surface area contributed by atoms with Crippen LogP contribution in [0, 0.1) is 0 Å². The van der Waals surface area contributed by atoms with Gasteiger partial charge in [-0.05, 0) is 19.3 Å². The van der Waals surface area contributed by atoms with E-state index in [1.54, 1.807) is 13.3 Å². The van der Waals surface area contributed by atoms with E-state index in [0.29, 0.717) is 13.0 Å². The number of aromatic nitrogens is 2. The molecule has 2 heterocycles. The number of hydrogen-bond donors (Lipinski definition) is 1. The average molecular weight is 290 g/mol. The lowest BCUT2D eigenvalue weighted by Crippen LogP contribution is -2.53. The highest BCUT2D eigenvalue weighted by Gasteiger charge is 2.35. The summed E-state index contributed by atoms with van der Waals surface area (Å²) < 4.78 is 0. The Labute approximate surface area is 124 Å². The first-order valence-electron chi connectivity index (χ1n) is 7.54. The topological polar surface area (TPSA) is 69.6 Å². The molecule has 1 amide bonds. The second-order valence-corrected chi connectivity index (χ2v) is 6.16. The zero-order valence-electron chi connectivity index (χ0n) is 12.8. The Balaban J connectivity index is 1.91. The molecule has 21 heavy (non-hydrogen) atoms. The van der Waals surface area contributed by atoms with Crippen molar-refractivity contribution < 1.29 is 9.90 Å². The third kappa shape index (κ3) is 2.37. The van der Waals surface area contributed by atoms with Gasteiger partial charge in [0.15, 0.2) is 0 Å². The molecule has 0 bridgehead atoms. The van der Waals surface area contributed by atoms with Crippen LogP contribution in [0.25, 0.3) is 0 Å². The molecule has 0 aromatic carbocycles. The van der Waals surface area contributed by atoms with Crippen molar-refractivity contribution in [3.05, 3.63) is 17.6 Å². The first kappa shape index (κ1) is 14.3. The summed E-state index contributed by atoms with van der Waals surface area (Å²) in [4.78, 5) is 24.4.